The first-order valence-corrected chi connectivity index (χ1v) is 6.13. The number of pyridine rings is 1. The van der Waals surface area contributed by atoms with E-state index in [-0.39, 0.29) is 6.04 Å². The lowest BCUT2D eigenvalue weighted by molar-refractivity contribution is 0.888. The van der Waals surface area contributed by atoms with Crippen molar-refractivity contribution >= 4 is 17.0 Å². The van der Waals surface area contributed by atoms with E-state index in [0.717, 1.165) is 11.4 Å². The van der Waals surface area contributed by atoms with Gasteiger partial charge in [0.2, 0.25) is 0 Å². The van der Waals surface area contributed by atoms with Gasteiger partial charge in [0.25, 0.3) is 0 Å². The molecular weight excluding hydrogens is 218 g/mol. The Hall–Kier alpha value is -1.42. The van der Waals surface area contributed by atoms with Gasteiger partial charge in [0.05, 0.1) is 22.9 Å². The van der Waals surface area contributed by atoms with Crippen LogP contribution in [0.1, 0.15) is 29.1 Å². The van der Waals surface area contributed by atoms with E-state index in [2.05, 4.69) is 28.3 Å². The Balaban J connectivity index is 2.14. The molecule has 16 heavy (non-hydrogen) atoms. The van der Waals surface area contributed by atoms with Crippen LogP contribution < -0.4 is 5.32 Å². The van der Waals surface area contributed by atoms with Gasteiger partial charge in [-0.25, -0.2) is 4.98 Å². The summed E-state index contributed by atoms with van der Waals surface area (Å²) in [4.78, 5) is 9.71. The van der Waals surface area contributed by atoms with Gasteiger partial charge in [0, 0.05) is 17.3 Å². The number of anilines is 1. The van der Waals surface area contributed by atoms with E-state index in [0.29, 0.717) is 0 Å². The molecule has 0 radical (unpaired) electrons. The minimum absolute atomic E-state index is 0.274. The molecule has 0 aromatic carbocycles. The van der Waals surface area contributed by atoms with Crippen LogP contribution in [0.4, 0.5) is 5.69 Å². The molecule has 1 atom stereocenters. The van der Waals surface area contributed by atoms with Crippen LogP contribution in [0.25, 0.3) is 0 Å². The molecule has 1 unspecified atom stereocenters. The van der Waals surface area contributed by atoms with Crippen molar-refractivity contribution in [2.24, 2.45) is 0 Å². The maximum absolute atomic E-state index is 4.26. The van der Waals surface area contributed by atoms with Gasteiger partial charge in [0.1, 0.15) is 0 Å². The summed E-state index contributed by atoms with van der Waals surface area (Å²) in [5, 5.41) is 3.43. The third-order valence-electron chi connectivity index (χ3n) is 2.43. The largest absolute Gasteiger partial charge is 0.376 e. The van der Waals surface area contributed by atoms with Crippen LogP contribution in [0.5, 0.6) is 0 Å². The minimum Gasteiger partial charge on any atom is -0.376 e. The van der Waals surface area contributed by atoms with Crippen LogP contribution in [0.2, 0.25) is 0 Å². The summed E-state index contributed by atoms with van der Waals surface area (Å²) in [6.45, 7) is 6.22. The summed E-state index contributed by atoms with van der Waals surface area (Å²) in [6.07, 6.45) is 3.70. The van der Waals surface area contributed by atoms with Gasteiger partial charge in [0.15, 0.2) is 0 Å². The molecule has 2 heterocycles. The monoisotopic (exact) mass is 233 g/mol. The second kappa shape index (κ2) is 4.61. The van der Waals surface area contributed by atoms with Crippen LogP contribution in [-0.4, -0.2) is 9.97 Å². The number of nitrogens with one attached hydrogen (secondary N) is 1. The molecule has 4 heteroatoms. The number of aromatic nitrogens is 2. The van der Waals surface area contributed by atoms with Crippen LogP contribution >= 0.6 is 11.3 Å². The zero-order chi connectivity index (χ0) is 11.5. The van der Waals surface area contributed by atoms with Crippen molar-refractivity contribution in [3.8, 4) is 0 Å². The summed E-state index contributed by atoms with van der Waals surface area (Å²) in [5.74, 6) is 0. The summed E-state index contributed by atoms with van der Waals surface area (Å²) in [7, 11) is 0. The molecule has 1 N–H and O–H groups in total. The number of thiazole rings is 1. The highest BCUT2D eigenvalue weighted by Crippen LogP contribution is 2.24. The Kier molecular flexibility index (Phi) is 3.19. The molecule has 0 aliphatic heterocycles. The lowest BCUT2D eigenvalue weighted by atomic mass is 10.2. The molecule has 2 rings (SSSR count). The van der Waals surface area contributed by atoms with E-state index >= 15 is 0 Å². The predicted octanol–water partition coefficient (Wildman–Crippen LogP) is 3.33. The zero-order valence-electron chi connectivity index (χ0n) is 9.69. The molecule has 2 aromatic heterocycles. The van der Waals surface area contributed by atoms with Gasteiger partial charge in [-0.05, 0) is 32.4 Å². The van der Waals surface area contributed by atoms with E-state index in [1.807, 2.05) is 31.8 Å². The van der Waals surface area contributed by atoms with Crippen molar-refractivity contribution in [1.82, 2.24) is 9.97 Å². The number of hydrogen-bond donors (Lipinski definition) is 1. The molecule has 2 aromatic rings. The second-order valence-corrected chi connectivity index (χ2v) is 4.81. The maximum Gasteiger partial charge on any atom is 0.0798 e. The van der Waals surface area contributed by atoms with Crippen LogP contribution in [0, 0.1) is 13.8 Å². The van der Waals surface area contributed by atoms with Crippen molar-refractivity contribution in [2.75, 3.05) is 5.32 Å². The average molecular weight is 233 g/mol. The van der Waals surface area contributed by atoms with E-state index < -0.39 is 0 Å². The lowest BCUT2D eigenvalue weighted by Gasteiger charge is -2.14. The first-order chi connectivity index (χ1) is 7.66. The van der Waals surface area contributed by atoms with Crippen LogP contribution in [0.3, 0.4) is 0 Å². The van der Waals surface area contributed by atoms with Crippen molar-refractivity contribution < 1.29 is 0 Å². The van der Waals surface area contributed by atoms with E-state index in [4.69, 9.17) is 0 Å². The normalized spacial score (nSPS) is 12.4. The Morgan fingerprint density at radius 2 is 2.12 bits per heavy atom. The SMILES string of the molecule is Cc1cncc(NC(C)c2scnc2C)c1. The van der Waals surface area contributed by atoms with Gasteiger partial charge in [-0.2, -0.15) is 0 Å². The first-order valence-electron chi connectivity index (χ1n) is 5.25. The topological polar surface area (TPSA) is 37.8 Å². The van der Waals surface area contributed by atoms with Gasteiger partial charge < -0.3 is 5.32 Å². The molecule has 0 aliphatic carbocycles. The fourth-order valence-electron chi connectivity index (χ4n) is 1.68. The first kappa shape index (κ1) is 11.1. The Morgan fingerprint density at radius 3 is 2.75 bits per heavy atom. The summed E-state index contributed by atoms with van der Waals surface area (Å²) < 4.78 is 0. The van der Waals surface area contributed by atoms with Crippen molar-refractivity contribution in [3.05, 3.63) is 40.1 Å². The molecule has 0 saturated carbocycles. The van der Waals surface area contributed by atoms with E-state index in [1.165, 1.54) is 10.4 Å². The molecule has 0 amide bonds. The van der Waals surface area contributed by atoms with Crippen molar-refractivity contribution in [2.45, 2.75) is 26.8 Å². The van der Waals surface area contributed by atoms with E-state index in [1.54, 1.807) is 11.3 Å². The number of nitrogens with zero attached hydrogens (tertiary/aromatic N) is 2. The van der Waals surface area contributed by atoms with Gasteiger partial charge in [-0.1, -0.05) is 0 Å². The molecule has 84 valence electrons. The highest BCUT2D eigenvalue weighted by Gasteiger charge is 2.10. The molecule has 0 bridgehead atoms. The average Bonchev–Trinajstić information content (AvgIpc) is 2.64. The molecule has 0 spiro atoms. The Morgan fingerprint density at radius 1 is 1.31 bits per heavy atom. The number of aryl methyl sites for hydroxylation is 2. The molecule has 0 saturated heterocycles. The lowest BCUT2D eigenvalue weighted by Crippen LogP contribution is -2.06. The fourth-order valence-corrected chi connectivity index (χ4v) is 2.49. The van der Waals surface area contributed by atoms with Crippen LogP contribution in [-0.2, 0) is 0 Å². The third kappa shape index (κ3) is 2.39. The van der Waals surface area contributed by atoms with Crippen molar-refractivity contribution in [3.63, 3.8) is 0 Å². The molecular formula is C12H15N3S. The Bertz CT molecular complexity index is 479. The smallest absolute Gasteiger partial charge is 0.0798 e. The maximum atomic E-state index is 4.26. The summed E-state index contributed by atoms with van der Waals surface area (Å²) in [5.41, 5.74) is 5.21. The Labute approximate surface area is 99.6 Å². The third-order valence-corrected chi connectivity index (χ3v) is 3.55. The van der Waals surface area contributed by atoms with E-state index in [9.17, 15) is 0 Å². The van der Waals surface area contributed by atoms with Gasteiger partial charge >= 0.3 is 0 Å². The van der Waals surface area contributed by atoms with Gasteiger partial charge in [-0.15, -0.1) is 11.3 Å². The van der Waals surface area contributed by atoms with Gasteiger partial charge in [-0.3, -0.25) is 4.98 Å². The standard InChI is InChI=1S/C12H15N3S/c1-8-4-11(6-13-5-8)15-10(3)12-9(2)14-7-16-12/h4-7,10,15H,1-3H3. The number of hydrogen-bond acceptors (Lipinski definition) is 4. The molecule has 3 nitrogen and oxygen atoms in total. The zero-order valence-corrected chi connectivity index (χ0v) is 10.5. The highest BCUT2D eigenvalue weighted by molar-refractivity contribution is 7.09. The van der Waals surface area contributed by atoms with Crippen molar-refractivity contribution in [1.29, 1.82) is 0 Å². The quantitative estimate of drug-likeness (QED) is 0.883. The summed E-state index contributed by atoms with van der Waals surface area (Å²) in [6, 6.07) is 2.37. The molecule has 0 fully saturated rings. The minimum atomic E-state index is 0.274. The highest BCUT2D eigenvalue weighted by atomic mass is 32.1. The number of rotatable bonds is 3. The second-order valence-electron chi connectivity index (χ2n) is 3.92. The predicted molar refractivity (Wildman–Crippen MR) is 67.9 cm³/mol. The van der Waals surface area contributed by atoms with Crippen LogP contribution in [0.15, 0.2) is 24.0 Å². The molecule has 0 aliphatic rings. The summed E-state index contributed by atoms with van der Waals surface area (Å²) >= 11 is 1.69. The fraction of sp³-hybridized carbons (Fsp3) is 0.333.